The van der Waals surface area contributed by atoms with Gasteiger partial charge in [0.1, 0.15) is 5.82 Å². The summed E-state index contributed by atoms with van der Waals surface area (Å²) in [5.74, 6) is -0.205. The number of hydrogen-bond donors (Lipinski definition) is 2. The number of benzene rings is 2. The third kappa shape index (κ3) is 3.23. The maximum atomic E-state index is 13.0. The number of rotatable bonds is 5. The molecule has 0 bridgehead atoms. The first kappa shape index (κ1) is 14.5. The molecule has 0 saturated carbocycles. The molecule has 4 heteroatoms. The Labute approximate surface area is 129 Å². The summed E-state index contributed by atoms with van der Waals surface area (Å²) in [6, 6.07) is 15.3. The summed E-state index contributed by atoms with van der Waals surface area (Å²) in [6.45, 7) is 0. The predicted octanol–water partition coefficient (Wildman–Crippen LogP) is 3.72. The van der Waals surface area contributed by atoms with Crippen LogP contribution in [0.5, 0.6) is 0 Å². The van der Waals surface area contributed by atoms with Crippen LogP contribution in [0.2, 0.25) is 0 Å². The molecule has 0 amide bonds. The summed E-state index contributed by atoms with van der Waals surface area (Å²) >= 11 is 0. The lowest BCUT2D eigenvalue weighted by Crippen LogP contribution is -2.18. The van der Waals surface area contributed by atoms with E-state index in [4.69, 9.17) is 0 Å². The Kier molecular flexibility index (Phi) is 4.30. The average molecular weight is 295 g/mol. The van der Waals surface area contributed by atoms with Crippen molar-refractivity contribution >= 4 is 0 Å². The van der Waals surface area contributed by atoms with Crippen LogP contribution in [0.3, 0.4) is 0 Å². The Morgan fingerprint density at radius 3 is 2.36 bits per heavy atom. The van der Waals surface area contributed by atoms with Crippen molar-refractivity contribution < 1.29 is 4.39 Å². The molecule has 2 N–H and O–H groups in total. The van der Waals surface area contributed by atoms with E-state index in [0.717, 1.165) is 23.1 Å². The molecule has 1 aromatic heterocycles. The molecule has 0 radical (unpaired) electrons. The van der Waals surface area contributed by atoms with E-state index in [0.29, 0.717) is 0 Å². The molecule has 0 aliphatic carbocycles. The lowest BCUT2D eigenvalue weighted by Gasteiger charge is -2.17. The van der Waals surface area contributed by atoms with Gasteiger partial charge in [0.25, 0.3) is 0 Å². The molecule has 0 saturated heterocycles. The minimum absolute atomic E-state index is 0.167. The van der Waals surface area contributed by atoms with Gasteiger partial charge in [-0.05, 0) is 42.3 Å². The van der Waals surface area contributed by atoms with Gasteiger partial charge in [0.15, 0.2) is 0 Å². The molecule has 0 aliphatic rings. The summed E-state index contributed by atoms with van der Waals surface area (Å²) in [6.07, 6.45) is 4.54. The van der Waals surface area contributed by atoms with E-state index in [1.807, 2.05) is 31.6 Å². The maximum absolute atomic E-state index is 13.0. The lowest BCUT2D eigenvalue weighted by molar-refractivity contribution is 0.586. The Bertz CT molecular complexity index is 703. The number of nitrogens with zero attached hydrogens (tertiary/aromatic N) is 1. The molecule has 0 aliphatic heterocycles. The van der Waals surface area contributed by atoms with Gasteiger partial charge in [-0.1, -0.05) is 36.4 Å². The number of halogens is 1. The van der Waals surface area contributed by atoms with Gasteiger partial charge in [0.2, 0.25) is 0 Å². The Balaban J connectivity index is 1.75. The van der Waals surface area contributed by atoms with Crippen LogP contribution in [0.4, 0.5) is 4.39 Å². The minimum atomic E-state index is -0.205. The third-order valence-electron chi connectivity index (χ3n) is 3.85. The van der Waals surface area contributed by atoms with Gasteiger partial charge in [-0.15, -0.1) is 0 Å². The summed E-state index contributed by atoms with van der Waals surface area (Å²) in [5, 5.41) is 10.1. The molecule has 2 aromatic carbocycles. The van der Waals surface area contributed by atoms with Crippen LogP contribution in [-0.2, 0) is 6.42 Å². The van der Waals surface area contributed by atoms with Gasteiger partial charge >= 0.3 is 0 Å². The lowest BCUT2D eigenvalue weighted by atomic mass is 9.97. The molecule has 0 spiro atoms. The van der Waals surface area contributed by atoms with Gasteiger partial charge in [-0.2, -0.15) is 5.10 Å². The van der Waals surface area contributed by atoms with Crippen LogP contribution >= 0.6 is 0 Å². The Morgan fingerprint density at radius 2 is 1.77 bits per heavy atom. The van der Waals surface area contributed by atoms with Gasteiger partial charge in [0, 0.05) is 17.8 Å². The average Bonchev–Trinajstić information content (AvgIpc) is 3.09. The normalized spacial score (nSPS) is 12.3. The third-order valence-corrected chi connectivity index (χ3v) is 3.85. The number of nitrogens with one attached hydrogen (secondary N) is 2. The molecule has 3 rings (SSSR count). The van der Waals surface area contributed by atoms with E-state index in [1.165, 1.54) is 17.7 Å². The second-order valence-electron chi connectivity index (χ2n) is 5.28. The van der Waals surface area contributed by atoms with Crippen molar-refractivity contribution in [2.45, 2.75) is 12.5 Å². The van der Waals surface area contributed by atoms with Crippen LogP contribution in [-0.4, -0.2) is 17.2 Å². The van der Waals surface area contributed by atoms with Gasteiger partial charge in [0.05, 0.1) is 6.20 Å². The molecular formula is C18H18FN3. The molecule has 3 nitrogen and oxygen atoms in total. The highest BCUT2D eigenvalue weighted by Crippen LogP contribution is 2.22. The summed E-state index contributed by atoms with van der Waals surface area (Å²) in [4.78, 5) is 0. The smallest absolute Gasteiger partial charge is 0.123 e. The van der Waals surface area contributed by atoms with Crippen LogP contribution in [0.1, 0.15) is 17.2 Å². The van der Waals surface area contributed by atoms with Crippen LogP contribution < -0.4 is 5.32 Å². The first-order valence-corrected chi connectivity index (χ1v) is 7.27. The number of aromatic nitrogens is 2. The number of hydrogen-bond acceptors (Lipinski definition) is 2. The highest BCUT2D eigenvalue weighted by atomic mass is 19.1. The van der Waals surface area contributed by atoms with Crippen molar-refractivity contribution in [3.05, 3.63) is 77.9 Å². The SMILES string of the molecule is CNC(Cc1ccc(-c2cn[nH]c2)cc1)c1ccc(F)cc1. The maximum Gasteiger partial charge on any atom is 0.123 e. The first-order valence-electron chi connectivity index (χ1n) is 7.27. The van der Waals surface area contributed by atoms with Crippen molar-refractivity contribution in [3.8, 4) is 11.1 Å². The first-order chi connectivity index (χ1) is 10.8. The van der Waals surface area contributed by atoms with Crippen LogP contribution in [0.15, 0.2) is 60.9 Å². The zero-order valence-electron chi connectivity index (χ0n) is 12.4. The standard InChI is InChI=1S/C18H18FN3/c1-20-18(15-6-8-17(19)9-7-15)10-13-2-4-14(5-3-13)16-11-21-22-12-16/h2-9,11-12,18,20H,10H2,1H3,(H,21,22). The van der Waals surface area contributed by atoms with Crippen molar-refractivity contribution in [3.63, 3.8) is 0 Å². The van der Waals surface area contributed by atoms with Crippen molar-refractivity contribution in [1.29, 1.82) is 0 Å². The fraction of sp³-hybridized carbons (Fsp3) is 0.167. The van der Waals surface area contributed by atoms with Crippen molar-refractivity contribution in [2.24, 2.45) is 0 Å². The zero-order chi connectivity index (χ0) is 15.4. The van der Waals surface area contributed by atoms with E-state index < -0.39 is 0 Å². The van der Waals surface area contributed by atoms with Gasteiger partial charge < -0.3 is 5.32 Å². The topological polar surface area (TPSA) is 40.7 Å². The molecule has 1 unspecified atom stereocenters. The van der Waals surface area contributed by atoms with Gasteiger partial charge in [-0.3, -0.25) is 5.10 Å². The summed E-state index contributed by atoms with van der Waals surface area (Å²) in [5.41, 5.74) is 4.54. The largest absolute Gasteiger partial charge is 0.313 e. The summed E-state index contributed by atoms with van der Waals surface area (Å²) in [7, 11) is 1.92. The second-order valence-corrected chi connectivity index (χ2v) is 5.28. The van der Waals surface area contributed by atoms with Crippen LogP contribution in [0, 0.1) is 5.82 Å². The molecular weight excluding hydrogens is 277 g/mol. The van der Waals surface area contributed by atoms with Crippen molar-refractivity contribution in [2.75, 3.05) is 7.05 Å². The minimum Gasteiger partial charge on any atom is -0.313 e. The second kappa shape index (κ2) is 6.54. The van der Waals surface area contributed by atoms with Gasteiger partial charge in [-0.25, -0.2) is 4.39 Å². The quantitative estimate of drug-likeness (QED) is 0.753. The predicted molar refractivity (Wildman–Crippen MR) is 85.9 cm³/mol. The fourth-order valence-corrected chi connectivity index (χ4v) is 2.56. The van der Waals surface area contributed by atoms with E-state index in [2.05, 4.69) is 39.8 Å². The zero-order valence-corrected chi connectivity index (χ0v) is 12.4. The summed E-state index contributed by atoms with van der Waals surface area (Å²) < 4.78 is 13.0. The molecule has 112 valence electrons. The van der Waals surface area contributed by atoms with E-state index in [9.17, 15) is 4.39 Å². The Hall–Kier alpha value is -2.46. The number of H-pyrrole nitrogens is 1. The molecule has 3 aromatic rings. The van der Waals surface area contributed by atoms with E-state index >= 15 is 0 Å². The number of likely N-dealkylation sites (N-methyl/N-ethyl adjacent to an activating group) is 1. The van der Waals surface area contributed by atoms with E-state index in [-0.39, 0.29) is 11.9 Å². The monoisotopic (exact) mass is 295 g/mol. The van der Waals surface area contributed by atoms with Crippen molar-refractivity contribution in [1.82, 2.24) is 15.5 Å². The highest BCUT2D eigenvalue weighted by Gasteiger charge is 2.10. The highest BCUT2D eigenvalue weighted by molar-refractivity contribution is 5.61. The van der Waals surface area contributed by atoms with Crippen LogP contribution in [0.25, 0.3) is 11.1 Å². The Morgan fingerprint density at radius 1 is 1.05 bits per heavy atom. The molecule has 22 heavy (non-hydrogen) atoms. The number of aromatic amines is 1. The fourth-order valence-electron chi connectivity index (χ4n) is 2.56. The molecule has 1 heterocycles. The molecule has 1 atom stereocenters. The van der Waals surface area contributed by atoms with E-state index in [1.54, 1.807) is 0 Å². The molecule has 0 fully saturated rings.